The maximum atomic E-state index is 9.36. The minimum atomic E-state index is -0.915. The quantitative estimate of drug-likeness (QED) is 0.358. The van der Waals surface area contributed by atoms with Crippen LogP contribution in [0.4, 0.5) is 0 Å². The van der Waals surface area contributed by atoms with Gasteiger partial charge in [0.2, 0.25) is 0 Å². The molecule has 1 unspecified atom stereocenters. The molecule has 0 aliphatic carbocycles. The van der Waals surface area contributed by atoms with Gasteiger partial charge in [-0.25, -0.2) is 0 Å². The van der Waals surface area contributed by atoms with E-state index in [9.17, 15) is 5.11 Å². The molecule has 5 N–H and O–H groups in total. The van der Waals surface area contributed by atoms with E-state index in [0.29, 0.717) is 10.6 Å². The number of amidine groups is 1. The fourth-order valence-corrected chi connectivity index (χ4v) is 0.964. The molecule has 0 fully saturated rings. The first-order valence-electron chi connectivity index (χ1n) is 3.42. The van der Waals surface area contributed by atoms with Crippen molar-refractivity contribution in [3.8, 4) is 0 Å². The number of halogens is 2. The summed E-state index contributed by atoms with van der Waals surface area (Å²) in [7, 11) is 0. The molecule has 0 saturated heterocycles. The van der Waals surface area contributed by atoms with Crippen LogP contribution in [-0.4, -0.2) is 10.9 Å². The minimum absolute atomic E-state index is 0. The van der Waals surface area contributed by atoms with Gasteiger partial charge in [-0.15, -0.1) is 0 Å². The monoisotopic (exact) mass is 220 g/mol. The van der Waals surface area contributed by atoms with Crippen molar-refractivity contribution in [1.29, 1.82) is 0 Å². The molecule has 13 heavy (non-hydrogen) atoms. The van der Waals surface area contributed by atoms with Gasteiger partial charge in [0.1, 0.15) is 0 Å². The summed E-state index contributed by atoms with van der Waals surface area (Å²) in [5.74, 6) is -0.0164. The second-order valence-corrected chi connectivity index (χ2v) is 2.89. The van der Waals surface area contributed by atoms with Crippen molar-refractivity contribution in [3.05, 3.63) is 34.9 Å². The van der Waals surface area contributed by atoms with Gasteiger partial charge in [0.25, 0.3) is 5.84 Å². The van der Waals surface area contributed by atoms with Crippen molar-refractivity contribution in [2.24, 2.45) is 5.73 Å². The van der Waals surface area contributed by atoms with Crippen molar-refractivity contribution in [2.75, 3.05) is 0 Å². The fourth-order valence-electron chi connectivity index (χ4n) is 0.838. The number of hydrogen-bond acceptors (Lipinski definition) is 1. The maximum absolute atomic E-state index is 9.36. The molecule has 0 spiro atoms. The smallest absolute Gasteiger partial charge is 0.272 e. The summed E-state index contributed by atoms with van der Waals surface area (Å²) in [5.41, 5.74) is 5.86. The van der Waals surface area contributed by atoms with Crippen LogP contribution in [0.15, 0.2) is 24.3 Å². The third-order valence-corrected chi connectivity index (χ3v) is 1.75. The van der Waals surface area contributed by atoms with Crippen LogP contribution in [0.3, 0.4) is 0 Å². The Hall–Kier alpha value is -0.770. The number of aliphatic hydroxyl groups is 1. The fraction of sp³-hybridized carbons (Fsp3) is 0.125. The van der Waals surface area contributed by atoms with Gasteiger partial charge >= 0.3 is 0 Å². The van der Waals surface area contributed by atoms with E-state index in [1.54, 1.807) is 24.3 Å². The number of benzene rings is 1. The molecule has 0 aliphatic heterocycles. The van der Waals surface area contributed by atoms with Crippen LogP contribution in [-0.2, 0) is 0 Å². The maximum Gasteiger partial charge on any atom is 0.272 e. The Labute approximate surface area is 87.4 Å². The minimum Gasteiger partial charge on any atom is -1.00 e. The number of hydrogen-bond donors (Lipinski definition) is 3. The van der Waals surface area contributed by atoms with E-state index in [0.717, 1.165) is 0 Å². The largest absolute Gasteiger partial charge is 1.00 e. The molecular formula is C8H10Cl2N2O. The zero-order valence-electron chi connectivity index (χ0n) is 6.74. The lowest BCUT2D eigenvalue weighted by molar-refractivity contribution is -0.126. The highest BCUT2D eigenvalue weighted by atomic mass is 35.5. The van der Waals surface area contributed by atoms with Gasteiger partial charge in [-0.3, -0.25) is 11.1 Å². The van der Waals surface area contributed by atoms with Crippen molar-refractivity contribution in [1.82, 2.24) is 0 Å². The van der Waals surface area contributed by atoms with Crippen LogP contribution in [0.2, 0.25) is 5.02 Å². The summed E-state index contributed by atoms with van der Waals surface area (Å²) in [4.78, 5) is 0. The Morgan fingerprint density at radius 3 is 2.23 bits per heavy atom. The second-order valence-electron chi connectivity index (χ2n) is 2.45. The SMILES string of the molecule is NC(=[NH2+])C(O)c1ccc(Cl)cc1.[Cl-]. The molecule has 0 radical (unpaired) electrons. The average molecular weight is 221 g/mol. The van der Waals surface area contributed by atoms with E-state index in [1.165, 1.54) is 0 Å². The average Bonchev–Trinajstić information content (AvgIpc) is 2.04. The van der Waals surface area contributed by atoms with Crippen molar-refractivity contribution >= 4 is 17.4 Å². The van der Waals surface area contributed by atoms with E-state index in [1.807, 2.05) is 0 Å². The third-order valence-electron chi connectivity index (χ3n) is 1.50. The first kappa shape index (κ1) is 12.2. The molecule has 0 aliphatic rings. The van der Waals surface area contributed by atoms with E-state index in [-0.39, 0.29) is 18.2 Å². The van der Waals surface area contributed by atoms with E-state index < -0.39 is 6.10 Å². The van der Waals surface area contributed by atoms with Gasteiger partial charge in [-0.2, -0.15) is 0 Å². The van der Waals surface area contributed by atoms with Crippen LogP contribution in [0.5, 0.6) is 0 Å². The van der Waals surface area contributed by atoms with Crippen LogP contribution in [0, 0.1) is 0 Å². The summed E-state index contributed by atoms with van der Waals surface area (Å²) in [5, 5.41) is 15.2. The number of nitrogens with two attached hydrogens (primary N) is 2. The van der Waals surface area contributed by atoms with E-state index in [4.69, 9.17) is 22.7 Å². The Morgan fingerprint density at radius 2 is 1.85 bits per heavy atom. The molecule has 1 aromatic carbocycles. The molecule has 1 aromatic rings. The predicted molar refractivity (Wildman–Crippen MR) is 47.5 cm³/mol. The summed E-state index contributed by atoms with van der Waals surface area (Å²) in [6, 6.07) is 6.69. The van der Waals surface area contributed by atoms with Crippen LogP contribution in [0.25, 0.3) is 0 Å². The molecule has 5 heteroatoms. The lowest BCUT2D eigenvalue weighted by atomic mass is 10.1. The van der Waals surface area contributed by atoms with Gasteiger partial charge in [0, 0.05) is 5.02 Å². The third kappa shape index (κ3) is 3.22. The lowest BCUT2D eigenvalue weighted by Gasteiger charge is -2.04. The topological polar surface area (TPSA) is 71.8 Å². The molecule has 0 bridgehead atoms. The standard InChI is InChI=1S/C8H9ClN2O.ClH/c9-6-3-1-5(2-4-6)7(12)8(10)11;/h1-4,7,12H,(H3,10,11);1H. The molecule has 72 valence electrons. The summed E-state index contributed by atoms with van der Waals surface area (Å²) in [6.45, 7) is 0. The molecule has 3 nitrogen and oxygen atoms in total. The number of aliphatic hydroxyl groups excluding tert-OH is 1. The molecule has 0 heterocycles. The Morgan fingerprint density at radius 1 is 1.38 bits per heavy atom. The molecule has 1 rings (SSSR count). The molecule has 0 saturated carbocycles. The molecule has 0 amide bonds. The highest BCUT2D eigenvalue weighted by molar-refractivity contribution is 6.30. The van der Waals surface area contributed by atoms with Crippen molar-refractivity contribution < 1.29 is 22.9 Å². The Bertz CT molecular complexity index is 287. The zero-order chi connectivity index (χ0) is 9.14. The summed E-state index contributed by atoms with van der Waals surface area (Å²) in [6.07, 6.45) is -0.915. The molecule has 1 atom stereocenters. The van der Waals surface area contributed by atoms with Crippen LogP contribution in [0.1, 0.15) is 11.7 Å². The zero-order valence-corrected chi connectivity index (χ0v) is 8.26. The molecular weight excluding hydrogens is 211 g/mol. The van der Waals surface area contributed by atoms with Crippen LogP contribution >= 0.6 is 11.6 Å². The lowest BCUT2D eigenvalue weighted by Crippen LogP contribution is -3.00. The Kier molecular flexibility index (Phi) is 4.77. The normalized spacial score (nSPS) is 11.5. The predicted octanol–water partition coefficient (Wildman–Crippen LogP) is -3.51. The second kappa shape index (κ2) is 5.07. The van der Waals surface area contributed by atoms with Gasteiger partial charge in [0.05, 0.1) is 0 Å². The van der Waals surface area contributed by atoms with Crippen LogP contribution < -0.4 is 23.5 Å². The van der Waals surface area contributed by atoms with E-state index >= 15 is 0 Å². The summed E-state index contributed by atoms with van der Waals surface area (Å²) < 4.78 is 0. The van der Waals surface area contributed by atoms with E-state index in [2.05, 4.69) is 0 Å². The van der Waals surface area contributed by atoms with Crippen molar-refractivity contribution in [3.63, 3.8) is 0 Å². The van der Waals surface area contributed by atoms with Gasteiger partial charge in [-0.1, -0.05) is 23.7 Å². The first-order valence-corrected chi connectivity index (χ1v) is 3.80. The summed E-state index contributed by atoms with van der Waals surface area (Å²) >= 11 is 5.64. The molecule has 0 aromatic heterocycles. The number of rotatable bonds is 2. The van der Waals surface area contributed by atoms with Gasteiger partial charge < -0.3 is 17.5 Å². The highest BCUT2D eigenvalue weighted by Gasteiger charge is 2.13. The first-order chi connectivity index (χ1) is 5.61. The highest BCUT2D eigenvalue weighted by Crippen LogP contribution is 2.15. The Balaban J connectivity index is 0.00000144. The van der Waals surface area contributed by atoms with Gasteiger partial charge in [-0.05, 0) is 17.7 Å². The van der Waals surface area contributed by atoms with Crippen molar-refractivity contribution in [2.45, 2.75) is 6.10 Å². The van der Waals surface area contributed by atoms with Gasteiger partial charge in [0.15, 0.2) is 6.10 Å².